The van der Waals surface area contributed by atoms with Gasteiger partial charge in [-0.25, -0.2) is 0 Å². The van der Waals surface area contributed by atoms with Gasteiger partial charge in [-0.2, -0.15) is 0 Å². The van der Waals surface area contributed by atoms with E-state index in [4.69, 9.17) is 10.5 Å². The van der Waals surface area contributed by atoms with Crippen molar-refractivity contribution in [2.45, 2.75) is 39.3 Å². The van der Waals surface area contributed by atoms with Crippen LogP contribution in [-0.2, 0) is 0 Å². The average Bonchev–Trinajstić information content (AvgIpc) is 2.16. The second-order valence-corrected chi connectivity index (χ2v) is 4.51. The minimum absolute atomic E-state index is 0.00760. The summed E-state index contributed by atoms with van der Waals surface area (Å²) in [5.74, 6) is 0.879. The normalized spacial score (nSPS) is 12.6. The van der Waals surface area contributed by atoms with Gasteiger partial charge >= 0.3 is 0 Å². The molecule has 0 aliphatic rings. The van der Waals surface area contributed by atoms with E-state index in [1.165, 1.54) is 0 Å². The maximum absolute atomic E-state index is 6.08. The maximum Gasteiger partial charge on any atom is 0.120 e. The van der Waals surface area contributed by atoms with Crippen molar-refractivity contribution < 1.29 is 4.74 Å². The van der Waals surface area contributed by atoms with E-state index in [1.54, 1.807) is 0 Å². The molecule has 88 valence electrons. The summed E-state index contributed by atoms with van der Waals surface area (Å²) in [6, 6.07) is 7.98. The molecule has 0 amide bonds. The zero-order valence-corrected chi connectivity index (χ0v) is 10.4. The third-order valence-corrected chi connectivity index (χ3v) is 2.23. The van der Waals surface area contributed by atoms with Crippen molar-refractivity contribution in [3.63, 3.8) is 0 Å². The molecular weight excluding hydrogens is 198 g/mol. The van der Waals surface area contributed by atoms with Gasteiger partial charge in [0.2, 0.25) is 0 Å². The number of ether oxygens (including phenoxy) is 1. The molecule has 0 aliphatic heterocycles. The van der Waals surface area contributed by atoms with Crippen LogP contribution in [0.2, 0.25) is 0 Å². The summed E-state index contributed by atoms with van der Waals surface area (Å²) in [5, 5.41) is 0. The van der Waals surface area contributed by atoms with Crippen molar-refractivity contribution in [2.24, 2.45) is 5.73 Å². The fraction of sp³-hybridized carbons (Fsp3) is 0.429. The van der Waals surface area contributed by atoms with E-state index in [0.29, 0.717) is 0 Å². The Morgan fingerprint density at radius 1 is 1.44 bits per heavy atom. The summed E-state index contributed by atoms with van der Waals surface area (Å²) in [5.41, 5.74) is 8.28. The summed E-state index contributed by atoms with van der Waals surface area (Å²) in [6.07, 6.45) is 0.998. The molecule has 2 heteroatoms. The molecule has 0 saturated carbocycles. The largest absolute Gasteiger partial charge is 0.491 e. The Bertz CT molecular complexity index is 358. The van der Waals surface area contributed by atoms with Gasteiger partial charge in [-0.05, 0) is 44.9 Å². The summed E-state index contributed by atoms with van der Waals surface area (Å²) in [6.45, 7) is 9.90. The summed E-state index contributed by atoms with van der Waals surface area (Å²) < 4.78 is 5.63. The minimum atomic E-state index is 0.00760. The Balaban J connectivity index is 2.77. The van der Waals surface area contributed by atoms with Crippen molar-refractivity contribution >= 4 is 0 Å². The van der Waals surface area contributed by atoms with Crippen molar-refractivity contribution in [1.29, 1.82) is 0 Å². The van der Waals surface area contributed by atoms with Gasteiger partial charge in [0.15, 0.2) is 0 Å². The lowest BCUT2D eigenvalue weighted by atomic mass is 10.0. The number of hydrogen-bond acceptors (Lipinski definition) is 2. The lowest BCUT2D eigenvalue weighted by Crippen LogP contribution is -2.11. The van der Waals surface area contributed by atoms with Crippen LogP contribution in [0.3, 0.4) is 0 Å². The summed E-state index contributed by atoms with van der Waals surface area (Å²) in [7, 11) is 0. The first-order valence-electron chi connectivity index (χ1n) is 5.65. The molecule has 0 saturated heterocycles. The number of hydrogen-bond donors (Lipinski definition) is 1. The smallest absolute Gasteiger partial charge is 0.120 e. The lowest BCUT2D eigenvalue weighted by molar-refractivity contribution is 0.242. The molecule has 0 radical (unpaired) electrons. The van der Waals surface area contributed by atoms with Crippen molar-refractivity contribution in [3.8, 4) is 5.75 Å². The Labute approximate surface area is 98.1 Å². The first-order valence-corrected chi connectivity index (χ1v) is 5.65. The van der Waals surface area contributed by atoms with E-state index in [0.717, 1.165) is 23.3 Å². The topological polar surface area (TPSA) is 35.2 Å². The van der Waals surface area contributed by atoms with Crippen LogP contribution in [0.4, 0.5) is 0 Å². The molecule has 1 aromatic carbocycles. The lowest BCUT2D eigenvalue weighted by Gasteiger charge is -2.15. The molecule has 0 aromatic heterocycles. The monoisotopic (exact) mass is 219 g/mol. The molecule has 2 nitrogen and oxygen atoms in total. The van der Waals surface area contributed by atoms with E-state index < -0.39 is 0 Å². The quantitative estimate of drug-likeness (QED) is 0.770. The molecule has 1 aromatic rings. The summed E-state index contributed by atoms with van der Waals surface area (Å²) in [4.78, 5) is 0. The molecule has 0 bridgehead atoms. The fourth-order valence-corrected chi connectivity index (χ4v) is 1.58. The second kappa shape index (κ2) is 5.71. The minimum Gasteiger partial charge on any atom is -0.491 e. The highest BCUT2D eigenvalue weighted by Crippen LogP contribution is 2.22. The number of nitrogens with two attached hydrogens (primary N) is 1. The number of benzene rings is 1. The average molecular weight is 219 g/mol. The van der Waals surface area contributed by atoms with Gasteiger partial charge in [-0.15, -0.1) is 6.58 Å². The first kappa shape index (κ1) is 12.8. The van der Waals surface area contributed by atoms with E-state index in [1.807, 2.05) is 45.0 Å². The van der Waals surface area contributed by atoms with Crippen LogP contribution in [0.5, 0.6) is 5.75 Å². The van der Waals surface area contributed by atoms with Gasteiger partial charge in [0, 0.05) is 6.04 Å². The standard InChI is InChI=1S/C14H21NO/c1-10(2)8-14(15)12-6-5-7-13(9-12)16-11(3)4/h5-7,9,11,14H,1,8,15H2,2-4H3. The van der Waals surface area contributed by atoms with Gasteiger partial charge in [-0.1, -0.05) is 17.7 Å². The molecule has 0 heterocycles. The molecular formula is C14H21NO. The van der Waals surface area contributed by atoms with E-state index in [-0.39, 0.29) is 12.1 Å². The highest BCUT2D eigenvalue weighted by Gasteiger charge is 2.07. The van der Waals surface area contributed by atoms with Gasteiger partial charge in [0.25, 0.3) is 0 Å². The van der Waals surface area contributed by atoms with Crippen LogP contribution in [-0.4, -0.2) is 6.10 Å². The number of rotatable bonds is 5. The first-order chi connectivity index (χ1) is 7.49. The van der Waals surface area contributed by atoms with Crippen LogP contribution in [0.1, 0.15) is 38.8 Å². The Morgan fingerprint density at radius 3 is 2.69 bits per heavy atom. The molecule has 1 unspecified atom stereocenters. The van der Waals surface area contributed by atoms with E-state index >= 15 is 0 Å². The Hall–Kier alpha value is -1.28. The van der Waals surface area contributed by atoms with Gasteiger partial charge < -0.3 is 10.5 Å². The summed E-state index contributed by atoms with van der Waals surface area (Å²) >= 11 is 0. The Morgan fingerprint density at radius 2 is 2.12 bits per heavy atom. The highest BCUT2D eigenvalue weighted by molar-refractivity contribution is 5.31. The molecule has 2 N–H and O–H groups in total. The van der Waals surface area contributed by atoms with Crippen LogP contribution in [0, 0.1) is 0 Å². The zero-order chi connectivity index (χ0) is 12.1. The fourth-order valence-electron chi connectivity index (χ4n) is 1.58. The van der Waals surface area contributed by atoms with Gasteiger partial charge in [0.05, 0.1) is 6.10 Å². The predicted octanol–water partition coefficient (Wildman–Crippen LogP) is 3.44. The Kier molecular flexibility index (Phi) is 4.56. The molecule has 1 rings (SSSR count). The van der Waals surface area contributed by atoms with Crippen molar-refractivity contribution in [2.75, 3.05) is 0 Å². The molecule has 0 spiro atoms. The van der Waals surface area contributed by atoms with Gasteiger partial charge in [0.1, 0.15) is 5.75 Å². The SMILES string of the molecule is C=C(C)CC(N)c1cccc(OC(C)C)c1. The van der Waals surface area contributed by atoms with Crippen LogP contribution < -0.4 is 10.5 Å². The molecule has 1 atom stereocenters. The third kappa shape index (κ3) is 4.07. The third-order valence-electron chi connectivity index (χ3n) is 2.23. The van der Waals surface area contributed by atoms with Crippen LogP contribution in [0.15, 0.2) is 36.4 Å². The van der Waals surface area contributed by atoms with Crippen molar-refractivity contribution in [3.05, 3.63) is 42.0 Å². The molecule has 16 heavy (non-hydrogen) atoms. The second-order valence-electron chi connectivity index (χ2n) is 4.51. The van der Waals surface area contributed by atoms with Crippen LogP contribution >= 0.6 is 0 Å². The van der Waals surface area contributed by atoms with Crippen molar-refractivity contribution in [1.82, 2.24) is 0 Å². The molecule has 0 fully saturated rings. The zero-order valence-electron chi connectivity index (χ0n) is 10.4. The van der Waals surface area contributed by atoms with Gasteiger partial charge in [-0.3, -0.25) is 0 Å². The highest BCUT2D eigenvalue weighted by atomic mass is 16.5. The van der Waals surface area contributed by atoms with E-state index in [9.17, 15) is 0 Å². The van der Waals surface area contributed by atoms with Crippen LogP contribution in [0.25, 0.3) is 0 Å². The predicted molar refractivity (Wildman–Crippen MR) is 68.6 cm³/mol. The molecule has 0 aliphatic carbocycles. The maximum atomic E-state index is 6.08. The van der Waals surface area contributed by atoms with E-state index in [2.05, 4.69) is 6.58 Å².